The lowest BCUT2D eigenvalue weighted by atomic mass is 10.2. The molecular formula is C14H20ClFN2O2S. The molecule has 7 heteroatoms. The minimum Gasteiger partial charge on any atom is -0.298 e. The Hall–Kier alpha value is -0.690. The molecular weight excluding hydrogens is 315 g/mol. The van der Waals surface area contributed by atoms with Crippen molar-refractivity contribution in [3.63, 3.8) is 0 Å². The molecule has 0 radical (unpaired) electrons. The van der Waals surface area contributed by atoms with Crippen molar-refractivity contribution >= 4 is 21.6 Å². The number of rotatable bonds is 4. The molecule has 1 unspecified atom stereocenters. The van der Waals surface area contributed by atoms with Gasteiger partial charge in [0, 0.05) is 31.2 Å². The number of benzene rings is 1. The van der Waals surface area contributed by atoms with Gasteiger partial charge in [-0.05, 0) is 31.7 Å². The molecule has 0 aromatic heterocycles. The maximum absolute atomic E-state index is 13.5. The fourth-order valence-electron chi connectivity index (χ4n) is 2.61. The van der Waals surface area contributed by atoms with Crippen molar-refractivity contribution in [2.45, 2.75) is 30.7 Å². The van der Waals surface area contributed by atoms with E-state index in [1.165, 1.54) is 16.4 Å². The van der Waals surface area contributed by atoms with Gasteiger partial charge in [0.15, 0.2) is 0 Å². The van der Waals surface area contributed by atoms with E-state index >= 15 is 0 Å². The van der Waals surface area contributed by atoms with Crippen LogP contribution in [0, 0.1) is 5.82 Å². The van der Waals surface area contributed by atoms with Crippen LogP contribution in [0.5, 0.6) is 0 Å². The zero-order valence-electron chi connectivity index (χ0n) is 12.2. The van der Waals surface area contributed by atoms with Crippen LogP contribution in [0.1, 0.15) is 19.4 Å². The second-order valence-corrected chi connectivity index (χ2v) is 7.43. The first-order valence-corrected chi connectivity index (χ1v) is 8.96. The first kappa shape index (κ1) is 16.7. The Balaban J connectivity index is 2.26. The second kappa shape index (κ2) is 6.60. The van der Waals surface area contributed by atoms with Crippen molar-refractivity contribution < 1.29 is 12.8 Å². The highest BCUT2D eigenvalue weighted by atomic mass is 35.5. The van der Waals surface area contributed by atoms with Gasteiger partial charge in [0.2, 0.25) is 10.0 Å². The molecule has 0 bridgehead atoms. The fraction of sp³-hybridized carbons (Fsp3) is 0.571. The van der Waals surface area contributed by atoms with Gasteiger partial charge in [-0.2, -0.15) is 4.31 Å². The van der Waals surface area contributed by atoms with Crippen LogP contribution in [0.25, 0.3) is 0 Å². The number of likely N-dealkylation sites (N-methyl/N-ethyl adjacent to an activating group) is 1. The Kier molecular flexibility index (Phi) is 5.24. The van der Waals surface area contributed by atoms with E-state index in [0.717, 1.165) is 12.6 Å². The van der Waals surface area contributed by atoms with Crippen LogP contribution < -0.4 is 0 Å². The third-order valence-electron chi connectivity index (χ3n) is 3.93. The van der Waals surface area contributed by atoms with Crippen LogP contribution in [0.3, 0.4) is 0 Å². The van der Waals surface area contributed by atoms with E-state index in [0.29, 0.717) is 19.6 Å². The molecule has 0 spiro atoms. The first-order valence-electron chi connectivity index (χ1n) is 6.98. The molecule has 1 aliphatic heterocycles. The highest BCUT2D eigenvalue weighted by molar-refractivity contribution is 7.89. The summed E-state index contributed by atoms with van der Waals surface area (Å²) in [7, 11) is -3.59. The van der Waals surface area contributed by atoms with E-state index in [4.69, 9.17) is 11.6 Å². The summed E-state index contributed by atoms with van der Waals surface area (Å²) in [5.41, 5.74) is 0.206. The summed E-state index contributed by atoms with van der Waals surface area (Å²) in [5, 5.41) is 0. The van der Waals surface area contributed by atoms with E-state index < -0.39 is 15.8 Å². The number of piperazine rings is 1. The quantitative estimate of drug-likeness (QED) is 0.793. The number of halogens is 2. The van der Waals surface area contributed by atoms with E-state index in [1.807, 2.05) is 6.92 Å². The molecule has 0 N–H and O–H groups in total. The Morgan fingerprint density at radius 1 is 1.38 bits per heavy atom. The van der Waals surface area contributed by atoms with E-state index in [9.17, 15) is 12.8 Å². The van der Waals surface area contributed by atoms with Crippen LogP contribution in [-0.4, -0.2) is 49.8 Å². The molecule has 0 amide bonds. The number of alkyl halides is 1. The van der Waals surface area contributed by atoms with Gasteiger partial charge >= 0.3 is 0 Å². The highest BCUT2D eigenvalue weighted by Gasteiger charge is 2.31. The predicted octanol–water partition coefficient (Wildman–Crippen LogP) is 2.28. The number of nitrogens with zero attached hydrogens (tertiary/aromatic N) is 2. The molecule has 1 heterocycles. The monoisotopic (exact) mass is 334 g/mol. The molecule has 118 valence electrons. The Morgan fingerprint density at radius 3 is 2.67 bits per heavy atom. The average molecular weight is 335 g/mol. The maximum atomic E-state index is 13.5. The topological polar surface area (TPSA) is 40.6 Å². The van der Waals surface area contributed by atoms with Gasteiger partial charge in [0.05, 0.1) is 10.8 Å². The second-order valence-electron chi connectivity index (χ2n) is 5.23. The largest absolute Gasteiger partial charge is 0.298 e. The van der Waals surface area contributed by atoms with Gasteiger partial charge in [-0.3, -0.25) is 4.90 Å². The van der Waals surface area contributed by atoms with Gasteiger partial charge in [0.25, 0.3) is 0 Å². The van der Waals surface area contributed by atoms with E-state index in [2.05, 4.69) is 11.8 Å². The van der Waals surface area contributed by atoms with Crippen LogP contribution >= 0.6 is 11.6 Å². The summed E-state index contributed by atoms with van der Waals surface area (Å²) in [6.45, 7) is 6.59. The first-order chi connectivity index (χ1) is 9.90. The SMILES string of the molecule is CCN1CCN(S(=O)(=O)c2ccc(F)c(CCl)c2)CC1C. The summed E-state index contributed by atoms with van der Waals surface area (Å²) in [5.74, 6) is -0.525. The van der Waals surface area contributed by atoms with Crippen molar-refractivity contribution in [3.8, 4) is 0 Å². The summed E-state index contributed by atoms with van der Waals surface area (Å²) in [6, 6.07) is 3.97. The summed E-state index contributed by atoms with van der Waals surface area (Å²) in [4.78, 5) is 2.35. The number of sulfonamides is 1. The van der Waals surface area contributed by atoms with Gasteiger partial charge in [-0.25, -0.2) is 12.8 Å². The third kappa shape index (κ3) is 3.39. The van der Waals surface area contributed by atoms with Crippen molar-refractivity contribution in [2.75, 3.05) is 26.2 Å². The molecule has 1 fully saturated rings. The normalized spacial score (nSPS) is 21.6. The van der Waals surface area contributed by atoms with Crippen LogP contribution in [0.2, 0.25) is 0 Å². The van der Waals surface area contributed by atoms with Crippen molar-refractivity contribution in [1.29, 1.82) is 0 Å². The van der Waals surface area contributed by atoms with E-state index in [-0.39, 0.29) is 22.4 Å². The molecule has 1 aliphatic rings. The minimum atomic E-state index is -3.59. The highest BCUT2D eigenvalue weighted by Crippen LogP contribution is 2.22. The minimum absolute atomic E-state index is 0.0464. The van der Waals surface area contributed by atoms with Crippen LogP contribution in [0.15, 0.2) is 23.1 Å². The molecule has 0 aliphatic carbocycles. The molecule has 21 heavy (non-hydrogen) atoms. The zero-order valence-corrected chi connectivity index (χ0v) is 13.8. The van der Waals surface area contributed by atoms with Gasteiger partial charge in [-0.15, -0.1) is 11.6 Å². The van der Waals surface area contributed by atoms with Gasteiger partial charge in [0.1, 0.15) is 5.82 Å². The Bertz CT molecular complexity index is 609. The molecule has 1 saturated heterocycles. The van der Waals surface area contributed by atoms with E-state index in [1.54, 1.807) is 0 Å². The van der Waals surface area contributed by atoms with Crippen molar-refractivity contribution in [3.05, 3.63) is 29.6 Å². The maximum Gasteiger partial charge on any atom is 0.243 e. The van der Waals surface area contributed by atoms with Crippen molar-refractivity contribution in [1.82, 2.24) is 9.21 Å². The fourth-order valence-corrected chi connectivity index (χ4v) is 4.38. The summed E-state index contributed by atoms with van der Waals surface area (Å²) >= 11 is 5.65. The lowest BCUT2D eigenvalue weighted by molar-refractivity contribution is 0.135. The van der Waals surface area contributed by atoms with Crippen molar-refractivity contribution in [2.24, 2.45) is 0 Å². The number of hydrogen-bond donors (Lipinski definition) is 0. The predicted molar refractivity (Wildman–Crippen MR) is 81.4 cm³/mol. The lowest BCUT2D eigenvalue weighted by Gasteiger charge is -2.38. The van der Waals surface area contributed by atoms with Crippen LogP contribution in [0.4, 0.5) is 4.39 Å². The zero-order chi connectivity index (χ0) is 15.6. The molecule has 2 rings (SSSR count). The molecule has 4 nitrogen and oxygen atoms in total. The Morgan fingerprint density at radius 2 is 2.10 bits per heavy atom. The number of hydrogen-bond acceptors (Lipinski definition) is 3. The molecule has 1 aromatic carbocycles. The summed E-state index contributed by atoms with van der Waals surface area (Å²) < 4.78 is 40.2. The molecule has 0 saturated carbocycles. The average Bonchev–Trinajstić information content (AvgIpc) is 2.47. The van der Waals surface area contributed by atoms with Gasteiger partial charge in [-0.1, -0.05) is 6.92 Å². The summed E-state index contributed by atoms with van der Waals surface area (Å²) in [6.07, 6.45) is 0. The third-order valence-corrected chi connectivity index (χ3v) is 6.08. The smallest absolute Gasteiger partial charge is 0.243 e. The standard InChI is InChI=1S/C14H20ClFN2O2S/c1-3-17-6-7-18(10-11(17)2)21(19,20)13-4-5-14(16)12(8-13)9-15/h4-5,8,11H,3,6-7,9-10H2,1-2H3. The molecule has 1 atom stereocenters. The lowest BCUT2D eigenvalue weighted by Crippen LogP contribution is -2.53. The molecule has 1 aromatic rings. The Labute approximate surface area is 130 Å². The van der Waals surface area contributed by atoms with Gasteiger partial charge < -0.3 is 0 Å². The van der Waals surface area contributed by atoms with Crippen LogP contribution in [-0.2, 0) is 15.9 Å².